The first kappa shape index (κ1) is 20.2. The molecular weight excluding hydrogens is 347 g/mol. The number of hydrogen-bond donors (Lipinski definition) is 2. The molecule has 136 valence electrons. The molecule has 10 heteroatoms. The molecule has 0 atom stereocenters. The van der Waals surface area contributed by atoms with Gasteiger partial charge < -0.3 is 10.6 Å². The lowest BCUT2D eigenvalue weighted by Gasteiger charge is -2.18. The molecule has 1 aromatic carbocycles. The maximum atomic E-state index is 12.1. The number of benzene rings is 1. The lowest BCUT2D eigenvalue weighted by molar-refractivity contribution is -0.143. The molecular formula is C14H20F3N3O3S. The summed E-state index contributed by atoms with van der Waals surface area (Å²) in [6.07, 6.45) is -2.79. The number of alkyl halides is 3. The van der Waals surface area contributed by atoms with Gasteiger partial charge >= 0.3 is 12.2 Å². The highest BCUT2D eigenvalue weighted by atomic mass is 32.2. The van der Waals surface area contributed by atoms with E-state index in [1.54, 1.807) is 0 Å². The first-order valence-electron chi connectivity index (χ1n) is 7.07. The molecule has 2 amide bonds. The molecule has 0 bridgehead atoms. The molecule has 0 unspecified atom stereocenters. The van der Waals surface area contributed by atoms with Crippen LogP contribution in [0.3, 0.4) is 0 Å². The molecule has 0 fully saturated rings. The van der Waals surface area contributed by atoms with E-state index < -0.39 is 28.6 Å². The highest BCUT2D eigenvalue weighted by Gasteiger charge is 2.28. The summed E-state index contributed by atoms with van der Waals surface area (Å²) in [4.78, 5) is 12.9. The number of carbonyl (C=O) groups excluding carboxylic acids is 1. The summed E-state index contributed by atoms with van der Waals surface area (Å²) < 4.78 is 59.0. The van der Waals surface area contributed by atoms with Gasteiger partial charge in [0.05, 0.1) is 11.4 Å². The lowest BCUT2D eigenvalue weighted by Crippen LogP contribution is -2.34. The Hall–Kier alpha value is -1.81. The van der Waals surface area contributed by atoms with Gasteiger partial charge in [-0.3, -0.25) is 4.90 Å². The molecule has 1 aromatic rings. The van der Waals surface area contributed by atoms with Gasteiger partial charge in [0, 0.05) is 18.5 Å². The van der Waals surface area contributed by atoms with E-state index in [1.807, 2.05) is 0 Å². The Morgan fingerprint density at radius 2 is 1.79 bits per heavy atom. The fraction of sp³-hybridized carbons (Fsp3) is 0.500. The molecule has 2 N–H and O–H groups in total. The Kier molecular flexibility index (Phi) is 7.03. The molecule has 0 aliphatic carbocycles. The van der Waals surface area contributed by atoms with E-state index >= 15 is 0 Å². The van der Waals surface area contributed by atoms with Crippen LogP contribution in [0.25, 0.3) is 0 Å². The van der Waals surface area contributed by atoms with Crippen LogP contribution in [0.2, 0.25) is 0 Å². The molecule has 0 heterocycles. The summed E-state index contributed by atoms with van der Waals surface area (Å²) in [5.41, 5.74) is 0.411. The van der Waals surface area contributed by atoms with Crippen LogP contribution in [-0.4, -0.2) is 58.5 Å². The van der Waals surface area contributed by atoms with Gasteiger partial charge in [-0.15, -0.1) is 0 Å². The SMILES string of the molecule is CN(CCCNC(=O)Nc1ccc(S(C)(=O)=O)cc1)CC(F)(F)F. The standard InChI is InChI=1S/C14H20F3N3O3S/c1-20(10-14(15,16)17)9-3-8-18-13(21)19-11-4-6-12(7-5-11)24(2,22)23/h4-7H,3,8-10H2,1-2H3,(H2,18,19,21). The number of halogens is 3. The van der Waals surface area contributed by atoms with E-state index in [-0.39, 0.29) is 18.0 Å². The van der Waals surface area contributed by atoms with Crippen LogP contribution in [0, 0.1) is 0 Å². The quantitative estimate of drug-likeness (QED) is 0.724. The van der Waals surface area contributed by atoms with Gasteiger partial charge in [0.15, 0.2) is 9.84 Å². The van der Waals surface area contributed by atoms with E-state index in [9.17, 15) is 26.4 Å². The largest absolute Gasteiger partial charge is 0.401 e. The van der Waals surface area contributed by atoms with Crippen LogP contribution in [0.15, 0.2) is 29.2 Å². The fourth-order valence-electron chi connectivity index (χ4n) is 1.90. The Bertz CT molecular complexity index is 645. The molecule has 0 aliphatic rings. The van der Waals surface area contributed by atoms with Crippen molar-refractivity contribution in [2.24, 2.45) is 0 Å². The zero-order valence-electron chi connectivity index (χ0n) is 13.4. The number of anilines is 1. The zero-order valence-corrected chi connectivity index (χ0v) is 14.2. The van der Waals surface area contributed by atoms with Crippen LogP contribution in [0.5, 0.6) is 0 Å². The second kappa shape index (κ2) is 8.34. The highest BCUT2D eigenvalue weighted by molar-refractivity contribution is 7.90. The van der Waals surface area contributed by atoms with Crippen LogP contribution in [0.1, 0.15) is 6.42 Å². The van der Waals surface area contributed by atoms with Crippen molar-refractivity contribution in [3.8, 4) is 0 Å². The molecule has 1 rings (SSSR count). The molecule has 0 radical (unpaired) electrons. The molecule has 0 aromatic heterocycles. The number of hydrogen-bond acceptors (Lipinski definition) is 4. The summed E-state index contributed by atoms with van der Waals surface area (Å²) in [5.74, 6) is 0. The fourth-order valence-corrected chi connectivity index (χ4v) is 2.53. The van der Waals surface area contributed by atoms with Crippen LogP contribution >= 0.6 is 0 Å². The summed E-state index contributed by atoms with van der Waals surface area (Å²) in [6, 6.07) is 5.13. The van der Waals surface area contributed by atoms with Gasteiger partial charge in [-0.1, -0.05) is 0 Å². The smallest absolute Gasteiger partial charge is 0.338 e. The van der Waals surface area contributed by atoms with Gasteiger partial charge in [0.25, 0.3) is 0 Å². The van der Waals surface area contributed by atoms with E-state index in [2.05, 4.69) is 10.6 Å². The average Bonchev–Trinajstić information content (AvgIpc) is 2.41. The van der Waals surface area contributed by atoms with Crippen molar-refractivity contribution in [3.63, 3.8) is 0 Å². The summed E-state index contributed by atoms with van der Waals surface area (Å²) in [6.45, 7) is -0.579. The second-order valence-electron chi connectivity index (χ2n) is 5.38. The van der Waals surface area contributed by atoms with Crippen LogP contribution in [0.4, 0.5) is 23.7 Å². The minimum absolute atomic E-state index is 0.140. The highest BCUT2D eigenvalue weighted by Crippen LogP contribution is 2.15. The van der Waals surface area contributed by atoms with Crippen molar-refractivity contribution in [2.75, 3.05) is 38.3 Å². The van der Waals surface area contributed by atoms with E-state index in [0.717, 1.165) is 11.2 Å². The number of urea groups is 1. The zero-order chi connectivity index (χ0) is 18.4. The molecule has 0 spiro atoms. The van der Waals surface area contributed by atoms with Gasteiger partial charge in [-0.2, -0.15) is 13.2 Å². The summed E-state index contributed by atoms with van der Waals surface area (Å²) in [7, 11) is -1.94. The molecule has 24 heavy (non-hydrogen) atoms. The number of nitrogens with zero attached hydrogens (tertiary/aromatic N) is 1. The third-order valence-corrected chi connectivity index (χ3v) is 4.12. The first-order chi connectivity index (χ1) is 11.0. The average molecular weight is 367 g/mol. The van der Waals surface area contributed by atoms with Crippen molar-refractivity contribution >= 4 is 21.6 Å². The maximum Gasteiger partial charge on any atom is 0.401 e. The topological polar surface area (TPSA) is 78.5 Å². The van der Waals surface area contributed by atoms with Crippen molar-refractivity contribution < 1.29 is 26.4 Å². The molecule has 0 saturated heterocycles. The first-order valence-corrected chi connectivity index (χ1v) is 8.97. The molecule has 0 saturated carbocycles. The minimum Gasteiger partial charge on any atom is -0.338 e. The molecule has 0 aliphatic heterocycles. The van der Waals surface area contributed by atoms with Crippen molar-refractivity contribution in [2.45, 2.75) is 17.5 Å². The van der Waals surface area contributed by atoms with Crippen molar-refractivity contribution in [3.05, 3.63) is 24.3 Å². The third-order valence-electron chi connectivity index (χ3n) is 2.99. The Balaban J connectivity index is 2.32. The maximum absolute atomic E-state index is 12.1. The number of rotatable bonds is 7. The van der Waals surface area contributed by atoms with Crippen molar-refractivity contribution in [1.82, 2.24) is 10.2 Å². The van der Waals surface area contributed by atoms with Gasteiger partial charge in [-0.25, -0.2) is 13.2 Å². The van der Waals surface area contributed by atoms with E-state index in [4.69, 9.17) is 0 Å². The monoisotopic (exact) mass is 367 g/mol. The number of sulfone groups is 1. The second-order valence-corrected chi connectivity index (χ2v) is 7.40. The normalized spacial score (nSPS) is 12.2. The Labute approximate surface area is 138 Å². The van der Waals surface area contributed by atoms with Crippen LogP contribution in [-0.2, 0) is 9.84 Å². The number of carbonyl (C=O) groups is 1. The lowest BCUT2D eigenvalue weighted by atomic mass is 10.3. The van der Waals surface area contributed by atoms with E-state index in [1.165, 1.54) is 31.3 Å². The predicted molar refractivity (Wildman–Crippen MR) is 84.7 cm³/mol. The summed E-state index contributed by atoms with van der Waals surface area (Å²) >= 11 is 0. The van der Waals surface area contributed by atoms with Crippen LogP contribution < -0.4 is 10.6 Å². The molecule has 6 nitrogen and oxygen atoms in total. The van der Waals surface area contributed by atoms with Gasteiger partial charge in [-0.05, 0) is 44.3 Å². The van der Waals surface area contributed by atoms with Gasteiger partial charge in [0.1, 0.15) is 0 Å². The predicted octanol–water partition coefficient (Wildman–Crippen LogP) is 2.10. The van der Waals surface area contributed by atoms with Crippen molar-refractivity contribution in [1.29, 1.82) is 0 Å². The Morgan fingerprint density at radius 1 is 1.21 bits per heavy atom. The van der Waals surface area contributed by atoms with E-state index in [0.29, 0.717) is 12.1 Å². The third kappa shape index (κ3) is 8.16. The van der Waals surface area contributed by atoms with Gasteiger partial charge in [0.2, 0.25) is 0 Å². The number of amides is 2. The summed E-state index contributed by atoms with van der Waals surface area (Å²) in [5, 5.41) is 5.03. The minimum atomic E-state index is -4.24. The number of nitrogens with one attached hydrogen (secondary N) is 2. The Morgan fingerprint density at radius 3 is 2.29 bits per heavy atom.